The third-order valence-electron chi connectivity index (χ3n) is 3.73. The van der Waals surface area contributed by atoms with Gasteiger partial charge in [-0.2, -0.15) is 0 Å². The molecule has 0 spiro atoms. The molecule has 3 nitrogen and oxygen atoms in total. The topological polar surface area (TPSA) is 63.3 Å². The van der Waals surface area contributed by atoms with Gasteiger partial charge in [-0.1, -0.05) is 27.2 Å². The van der Waals surface area contributed by atoms with Crippen molar-refractivity contribution in [2.75, 3.05) is 0 Å². The summed E-state index contributed by atoms with van der Waals surface area (Å²) in [6, 6.07) is -0.671. The maximum Gasteiger partial charge on any atom is 0.320 e. The second-order valence-electron chi connectivity index (χ2n) is 5.85. The maximum absolute atomic E-state index is 10.8. The van der Waals surface area contributed by atoms with Gasteiger partial charge >= 0.3 is 5.97 Å². The van der Waals surface area contributed by atoms with Crippen LogP contribution in [0.1, 0.15) is 46.5 Å². The summed E-state index contributed by atoms with van der Waals surface area (Å²) in [5.74, 6) is -0.0725. The number of carboxylic acid groups (broad SMARTS) is 1. The van der Waals surface area contributed by atoms with E-state index in [0.717, 1.165) is 19.3 Å². The number of carboxylic acids is 1. The zero-order valence-electron chi connectivity index (χ0n) is 10.4. The Hall–Kier alpha value is -0.280. The lowest BCUT2D eigenvalue weighted by atomic mass is 9.68. The molecule has 0 heterocycles. The number of halogens is 1. The van der Waals surface area contributed by atoms with E-state index in [9.17, 15) is 4.79 Å². The molecular weight excluding hydrogens is 226 g/mol. The summed E-state index contributed by atoms with van der Waals surface area (Å²) < 4.78 is 0. The maximum atomic E-state index is 10.8. The Balaban J connectivity index is 0.00000225. The molecule has 0 aromatic carbocycles. The minimum absolute atomic E-state index is 0. The molecule has 96 valence electrons. The summed E-state index contributed by atoms with van der Waals surface area (Å²) in [5, 5.41) is 8.90. The van der Waals surface area contributed by atoms with Crippen LogP contribution in [0.4, 0.5) is 0 Å². The fourth-order valence-corrected chi connectivity index (χ4v) is 2.54. The molecule has 4 heteroatoms. The van der Waals surface area contributed by atoms with Crippen molar-refractivity contribution in [1.29, 1.82) is 0 Å². The van der Waals surface area contributed by atoms with Crippen LogP contribution in [-0.2, 0) is 4.79 Å². The van der Waals surface area contributed by atoms with Crippen LogP contribution in [0.15, 0.2) is 0 Å². The summed E-state index contributed by atoms with van der Waals surface area (Å²) >= 11 is 0. The molecule has 1 rings (SSSR count). The Morgan fingerprint density at radius 2 is 1.94 bits per heavy atom. The van der Waals surface area contributed by atoms with E-state index in [1.807, 2.05) is 0 Å². The Morgan fingerprint density at radius 1 is 1.38 bits per heavy atom. The van der Waals surface area contributed by atoms with Gasteiger partial charge in [0, 0.05) is 0 Å². The van der Waals surface area contributed by atoms with Gasteiger partial charge in [-0.15, -0.1) is 12.4 Å². The van der Waals surface area contributed by atoms with Crippen molar-refractivity contribution in [1.82, 2.24) is 0 Å². The third-order valence-corrected chi connectivity index (χ3v) is 3.73. The molecule has 3 atom stereocenters. The van der Waals surface area contributed by atoms with Crippen molar-refractivity contribution in [3.63, 3.8) is 0 Å². The first kappa shape index (κ1) is 15.7. The summed E-state index contributed by atoms with van der Waals surface area (Å²) in [4.78, 5) is 10.8. The van der Waals surface area contributed by atoms with Gasteiger partial charge in [0.15, 0.2) is 0 Å². The molecule has 0 aromatic rings. The van der Waals surface area contributed by atoms with Crippen molar-refractivity contribution in [2.45, 2.75) is 52.5 Å². The van der Waals surface area contributed by atoms with Gasteiger partial charge in [-0.25, -0.2) is 0 Å². The largest absolute Gasteiger partial charge is 0.480 e. The summed E-state index contributed by atoms with van der Waals surface area (Å²) in [6.45, 7) is 6.69. The quantitative estimate of drug-likeness (QED) is 0.791. The molecule has 3 unspecified atom stereocenters. The van der Waals surface area contributed by atoms with Gasteiger partial charge in [0.25, 0.3) is 0 Å². The number of aliphatic carboxylic acids is 1. The number of hydrogen-bond donors (Lipinski definition) is 2. The third kappa shape index (κ3) is 3.95. The second kappa shape index (κ2) is 5.87. The SMILES string of the molecule is CC(C)(C)C1CCCC(C(N)C(=O)O)C1.Cl. The van der Waals surface area contributed by atoms with E-state index in [-0.39, 0.29) is 23.7 Å². The van der Waals surface area contributed by atoms with Gasteiger partial charge in [0.05, 0.1) is 0 Å². The average Bonchev–Trinajstić information content (AvgIpc) is 2.15. The normalized spacial score (nSPS) is 28.0. The standard InChI is InChI=1S/C12H23NO2.ClH/c1-12(2,3)9-6-4-5-8(7-9)10(13)11(14)15;/h8-10H,4-7,13H2,1-3H3,(H,14,15);1H. The lowest BCUT2D eigenvalue weighted by molar-refractivity contribution is -0.140. The number of rotatable bonds is 2. The minimum atomic E-state index is -0.852. The highest BCUT2D eigenvalue weighted by Gasteiger charge is 2.34. The van der Waals surface area contributed by atoms with Crippen LogP contribution in [0.5, 0.6) is 0 Å². The first-order chi connectivity index (χ1) is 6.82. The molecule has 0 radical (unpaired) electrons. The monoisotopic (exact) mass is 249 g/mol. The van der Waals surface area contributed by atoms with Gasteiger partial charge in [-0.05, 0) is 36.5 Å². The summed E-state index contributed by atoms with van der Waals surface area (Å²) in [6.07, 6.45) is 4.27. The zero-order valence-corrected chi connectivity index (χ0v) is 11.2. The lowest BCUT2D eigenvalue weighted by Crippen LogP contribution is -2.41. The van der Waals surface area contributed by atoms with Crippen molar-refractivity contribution in [3.8, 4) is 0 Å². The van der Waals surface area contributed by atoms with Gasteiger partial charge in [-0.3, -0.25) is 4.79 Å². The van der Waals surface area contributed by atoms with E-state index in [1.54, 1.807) is 0 Å². The Morgan fingerprint density at radius 3 is 2.38 bits per heavy atom. The van der Waals surface area contributed by atoms with E-state index in [1.165, 1.54) is 6.42 Å². The fraction of sp³-hybridized carbons (Fsp3) is 0.917. The molecular formula is C12H24ClNO2. The van der Waals surface area contributed by atoms with E-state index >= 15 is 0 Å². The van der Waals surface area contributed by atoms with E-state index in [4.69, 9.17) is 10.8 Å². The van der Waals surface area contributed by atoms with Crippen LogP contribution in [0.25, 0.3) is 0 Å². The van der Waals surface area contributed by atoms with Crippen molar-refractivity contribution < 1.29 is 9.90 Å². The number of carbonyl (C=O) groups is 1. The molecule has 3 N–H and O–H groups in total. The summed E-state index contributed by atoms with van der Waals surface area (Å²) in [5.41, 5.74) is 5.97. The molecule has 1 fully saturated rings. The smallest absolute Gasteiger partial charge is 0.320 e. The molecule has 0 aromatic heterocycles. The predicted octanol–water partition coefficient (Wildman–Crippen LogP) is 2.67. The highest BCUT2D eigenvalue weighted by atomic mass is 35.5. The van der Waals surface area contributed by atoms with Gasteiger partial charge < -0.3 is 10.8 Å². The molecule has 0 aliphatic heterocycles. The van der Waals surface area contributed by atoms with E-state index < -0.39 is 12.0 Å². The van der Waals surface area contributed by atoms with E-state index in [0.29, 0.717) is 5.92 Å². The van der Waals surface area contributed by atoms with Crippen LogP contribution in [-0.4, -0.2) is 17.1 Å². The molecule has 0 amide bonds. The highest BCUT2D eigenvalue weighted by molar-refractivity contribution is 5.85. The van der Waals surface area contributed by atoms with Crippen LogP contribution in [0, 0.1) is 17.3 Å². The molecule has 1 saturated carbocycles. The van der Waals surface area contributed by atoms with Crippen molar-refractivity contribution >= 4 is 18.4 Å². The van der Waals surface area contributed by atoms with Crippen LogP contribution in [0.2, 0.25) is 0 Å². The molecule has 1 aliphatic carbocycles. The molecule has 0 bridgehead atoms. The van der Waals surface area contributed by atoms with Gasteiger partial charge in [0.2, 0.25) is 0 Å². The molecule has 0 saturated heterocycles. The average molecular weight is 250 g/mol. The van der Waals surface area contributed by atoms with E-state index in [2.05, 4.69) is 20.8 Å². The first-order valence-electron chi connectivity index (χ1n) is 5.80. The van der Waals surface area contributed by atoms with Crippen molar-refractivity contribution in [3.05, 3.63) is 0 Å². The minimum Gasteiger partial charge on any atom is -0.480 e. The number of nitrogens with two attached hydrogens (primary N) is 1. The van der Waals surface area contributed by atoms with Crippen LogP contribution in [0.3, 0.4) is 0 Å². The Labute approximate surface area is 104 Å². The highest BCUT2D eigenvalue weighted by Crippen LogP contribution is 2.40. The Kier molecular flexibility index (Phi) is 5.77. The number of hydrogen-bond acceptors (Lipinski definition) is 2. The predicted molar refractivity (Wildman–Crippen MR) is 67.8 cm³/mol. The zero-order chi connectivity index (χ0) is 11.6. The van der Waals surface area contributed by atoms with Crippen molar-refractivity contribution in [2.24, 2.45) is 23.0 Å². The fourth-order valence-electron chi connectivity index (χ4n) is 2.54. The molecule has 1 aliphatic rings. The van der Waals surface area contributed by atoms with Gasteiger partial charge in [0.1, 0.15) is 6.04 Å². The summed E-state index contributed by atoms with van der Waals surface area (Å²) in [7, 11) is 0. The first-order valence-corrected chi connectivity index (χ1v) is 5.80. The second-order valence-corrected chi connectivity index (χ2v) is 5.85. The Bertz CT molecular complexity index is 238. The van der Waals surface area contributed by atoms with Crippen LogP contribution < -0.4 is 5.73 Å². The lowest BCUT2D eigenvalue weighted by Gasteiger charge is -2.38. The molecule has 16 heavy (non-hydrogen) atoms. The van der Waals surface area contributed by atoms with Crippen LogP contribution >= 0.6 is 12.4 Å².